The molecule has 15 heavy (non-hydrogen) atoms. The van der Waals surface area contributed by atoms with Crippen LogP contribution in [-0.4, -0.2) is 25.5 Å². The summed E-state index contributed by atoms with van der Waals surface area (Å²) in [6.45, 7) is 0. The van der Waals surface area contributed by atoms with E-state index in [0.29, 0.717) is 17.2 Å². The molecule has 2 heterocycles. The quantitative estimate of drug-likeness (QED) is 0.698. The lowest BCUT2D eigenvalue weighted by Crippen LogP contribution is -2.09. The number of aromatic nitrogens is 4. The summed E-state index contributed by atoms with van der Waals surface area (Å²) in [5, 5.41) is 6.22. The van der Waals surface area contributed by atoms with Crippen molar-refractivity contribution in [3.05, 3.63) is 30.0 Å². The van der Waals surface area contributed by atoms with Gasteiger partial charge in [0.2, 0.25) is 0 Å². The van der Waals surface area contributed by atoms with Gasteiger partial charge in [0.1, 0.15) is 11.6 Å². The van der Waals surface area contributed by atoms with Gasteiger partial charge in [-0.2, -0.15) is 5.10 Å². The number of anilines is 1. The molecule has 0 aliphatic carbocycles. The highest BCUT2D eigenvalue weighted by atomic mass is 16.1. The van der Waals surface area contributed by atoms with E-state index in [1.54, 1.807) is 17.0 Å². The van der Waals surface area contributed by atoms with Crippen LogP contribution in [0, 0.1) is 0 Å². The van der Waals surface area contributed by atoms with E-state index < -0.39 is 0 Å². The van der Waals surface area contributed by atoms with Crippen molar-refractivity contribution in [2.75, 3.05) is 5.73 Å². The van der Waals surface area contributed by atoms with Gasteiger partial charge in [0.25, 0.3) is 0 Å². The van der Waals surface area contributed by atoms with Gasteiger partial charge in [-0.05, 0) is 0 Å². The SMILES string of the molecule is Cn1ccnc1CC(=O)c1cn[nH]c1N. The fourth-order valence-electron chi connectivity index (χ4n) is 1.32. The summed E-state index contributed by atoms with van der Waals surface area (Å²) in [7, 11) is 1.84. The molecule has 0 fully saturated rings. The molecule has 78 valence electrons. The minimum atomic E-state index is -0.0875. The average molecular weight is 205 g/mol. The number of hydrogen-bond acceptors (Lipinski definition) is 4. The molecule has 2 aromatic heterocycles. The monoisotopic (exact) mass is 205 g/mol. The largest absolute Gasteiger partial charge is 0.383 e. The van der Waals surface area contributed by atoms with Crippen molar-refractivity contribution in [1.82, 2.24) is 19.7 Å². The van der Waals surface area contributed by atoms with Crippen molar-refractivity contribution in [2.45, 2.75) is 6.42 Å². The summed E-state index contributed by atoms with van der Waals surface area (Å²) in [6.07, 6.45) is 5.11. The first kappa shape index (κ1) is 9.45. The molecule has 0 unspecified atom stereocenters. The molecule has 0 spiro atoms. The molecule has 2 rings (SSSR count). The summed E-state index contributed by atoms with van der Waals surface area (Å²) in [5.41, 5.74) is 5.96. The topological polar surface area (TPSA) is 89.6 Å². The fourth-order valence-corrected chi connectivity index (χ4v) is 1.32. The van der Waals surface area contributed by atoms with E-state index in [-0.39, 0.29) is 12.2 Å². The number of Topliss-reactive ketones (excluding diaryl/α,β-unsaturated/α-hetero) is 1. The third-order valence-corrected chi connectivity index (χ3v) is 2.21. The molecule has 6 nitrogen and oxygen atoms in total. The second kappa shape index (κ2) is 3.56. The van der Waals surface area contributed by atoms with Crippen LogP contribution in [0.15, 0.2) is 18.6 Å². The fraction of sp³-hybridized carbons (Fsp3) is 0.222. The molecule has 0 aliphatic heterocycles. The Hall–Kier alpha value is -2.11. The summed E-state index contributed by atoms with van der Waals surface area (Å²) in [5.74, 6) is 0.922. The van der Waals surface area contributed by atoms with Crippen LogP contribution in [0.25, 0.3) is 0 Å². The number of H-pyrrole nitrogens is 1. The van der Waals surface area contributed by atoms with E-state index in [4.69, 9.17) is 5.73 Å². The zero-order valence-electron chi connectivity index (χ0n) is 8.27. The highest BCUT2D eigenvalue weighted by molar-refractivity contribution is 6.00. The zero-order valence-corrected chi connectivity index (χ0v) is 8.27. The average Bonchev–Trinajstić information content (AvgIpc) is 2.76. The lowest BCUT2D eigenvalue weighted by Gasteiger charge is -2.00. The number of nitrogens with zero attached hydrogens (tertiary/aromatic N) is 3. The second-order valence-electron chi connectivity index (χ2n) is 3.25. The number of rotatable bonds is 3. The smallest absolute Gasteiger partial charge is 0.175 e. The summed E-state index contributed by atoms with van der Waals surface area (Å²) < 4.78 is 1.80. The highest BCUT2D eigenvalue weighted by Crippen LogP contribution is 2.10. The Kier molecular flexibility index (Phi) is 2.24. The van der Waals surface area contributed by atoms with Crippen LogP contribution in [0.4, 0.5) is 5.82 Å². The number of hydrogen-bond donors (Lipinski definition) is 2. The Morgan fingerprint density at radius 1 is 1.67 bits per heavy atom. The Morgan fingerprint density at radius 2 is 2.47 bits per heavy atom. The maximum Gasteiger partial charge on any atom is 0.175 e. The van der Waals surface area contributed by atoms with Gasteiger partial charge in [-0.25, -0.2) is 4.98 Å². The molecule has 2 aromatic rings. The Labute approximate surface area is 86.1 Å². The normalized spacial score (nSPS) is 10.5. The molecule has 0 saturated carbocycles. The van der Waals surface area contributed by atoms with E-state index in [1.807, 2.05) is 7.05 Å². The van der Waals surface area contributed by atoms with Gasteiger partial charge in [-0.15, -0.1) is 0 Å². The van der Waals surface area contributed by atoms with Crippen molar-refractivity contribution in [1.29, 1.82) is 0 Å². The molecule has 0 atom stereocenters. The number of nitrogens with two attached hydrogens (primary N) is 1. The molecule has 6 heteroatoms. The van der Waals surface area contributed by atoms with Crippen molar-refractivity contribution >= 4 is 11.6 Å². The van der Waals surface area contributed by atoms with Gasteiger partial charge in [-0.3, -0.25) is 9.89 Å². The molecule has 0 saturated heterocycles. The molecule has 0 bridgehead atoms. The van der Waals surface area contributed by atoms with Crippen molar-refractivity contribution < 1.29 is 4.79 Å². The molecule has 3 N–H and O–H groups in total. The number of aromatic amines is 1. The number of carbonyl (C=O) groups is 1. The summed E-state index contributed by atoms with van der Waals surface area (Å²) in [6, 6.07) is 0. The Balaban J connectivity index is 2.18. The van der Waals surface area contributed by atoms with Crippen molar-refractivity contribution in [3.8, 4) is 0 Å². The first-order valence-electron chi connectivity index (χ1n) is 4.46. The predicted octanol–water partition coefficient (Wildman–Crippen LogP) is 0.151. The third-order valence-electron chi connectivity index (χ3n) is 2.21. The summed E-state index contributed by atoms with van der Waals surface area (Å²) in [4.78, 5) is 15.8. The molecular formula is C9H11N5O. The van der Waals surface area contributed by atoms with Crippen LogP contribution < -0.4 is 5.73 Å². The molecule has 0 amide bonds. The maximum atomic E-state index is 11.8. The van der Waals surface area contributed by atoms with Crippen LogP contribution in [0.5, 0.6) is 0 Å². The summed E-state index contributed by atoms with van der Waals surface area (Å²) >= 11 is 0. The number of carbonyl (C=O) groups excluding carboxylic acids is 1. The van der Waals surface area contributed by atoms with Crippen LogP contribution in [0.3, 0.4) is 0 Å². The van der Waals surface area contributed by atoms with Crippen molar-refractivity contribution in [2.24, 2.45) is 7.05 Å². The Bertz CT molecular complexity index is 484. The molecule has 0 aromatic carbocycles. The van der Waals surface area contributed by atoms with E-state index in [0.717, 1.165) is 0 Å². The van der Waals surface area contributed by atoms with E-state index in [9.17, 15) is 4.79 Å². The molecule has 0 radical (unpaired) electrons. The highest BCUT2D eigenvalue weighted by Gasteiger charge is 2.14. The van der Waals surface area contributed by atoms with Crippen molar-refractivity contribution in [3.63, 3.8) is 0 Å². The lowest BCUT2D eigenvalue weighted by atomic mass is 10.1. The first-order valence-corrected chi connectivity index (χ1v) is 4.46. The predicted molar refractivity (Wildman–Crippen MR) is 54.2 cm³/mol. The lowest BCUT2D eigenvalue weighted by molar-refractivity contribution is 0.0991. The zero-order chi connectivity index (χ0) is 10.8. The maximum absolute atomic E-state index is 11.8. The van der Waals surface area contributed by atoms with E-state index >= 15 is 0 Å². The van der Waals surface area contributed by atoms with Gasteiger partial charge in [0, 0.05) is 19.4 Å². The van der Waals surface area contributed by atoms with E-state index in [1.165, 1.54) is 6.20 Å². The number of nitrogens with one attached hydrogen (secondary N) is 1. The van der Waals surface area contributed by atoms with Gasteiger partial charge < -0.3 is 10.3 Å². The van der Waals surface area contributed by atoms with Crippen LogP contribution in [0.2, 0.25) is 0 Å². The Morgan fingerprint density at radius 3 is 3.00 bits per heavy atom. The molecule has 0 aliphatic rings. The third kappa shape index (κ3) is 1.74. The standard InChI is InChI=1S/C9H11N5O/c1-14-3-2-11-8(14)4-7(15)6-5-12-13-9(6)10/h2-3,5H,4H2,1H3,(H3,10,12,13). The number of ketones is 1. The number of aryl methyl sites for hydroxylation is 1. The second-order valence-corrected chi connectivity index (χ2v) is 3.25. The van der Waals surface area contributed by atoms with Gasteiger partial charge >= 0.3 is 0 Å². The number of imidazole rings is 1. The minimum Gasteiger partial charge on any atom is -0.383 e. The minimum absolute atomic E-state index is 0.0875. The number of nitrogen functional groups attached to an aromatic ring is 1. The van der Waals surface area contributed by atoms with Gasteiger partial charge in [-0.1, -0.05) is 0 Å². The van der Waals surface area contributed by atoms with Crippen LogP contribution in [0.1, 0.15) is 16.2 Å². The van der Waals surface area contributed by atoms with E-state index in [2.05, 4.69) is 15.2 Å². The van der Waals surface area contributed by atoms with Gasteiger partial charge in [0.15, 0.2) is 5.78 Å². The van der Waals surface area contributed by atoms with Crippen LogP contribution >= 0.6 is 0 Å². The van der Waals surface area contributed by atoms with Crippen LogP contribution in [-0.2, 0) is 13.5 Å². The van der Waals surface area contributed by atoms with Gasteiger partial charge in [0.05, 0.1) is 18.2 Å². The molecular weight excluding hydrogens is 194 g/mol. The first-order chi connectivity index (χ1) is 7.18.